The minimum atomic E-state index is -0.738. The van der Waals surface area contributed by atoms with Crippen LogP contribution in [0.2, 0.25) is 0 Å². The number of urea groups is 1. The fraction of sp³-hybridized carbons (Fsp3) is 0.304. The zero-order valence-corrected chi connectivity index (χ0v) is 19.4. The number of hydrogen-bond donors (Lipinski definition) is 3. The molecule has 0 saturated heterocycles. The summed E-state index contributed by atoms with van der Waals surface area (Å²) in [4.78, 5) is 25.5. The van der Waals surface area contributed by atoms with Gasteiger partial charge in [-0.15, -0.1) is 10.2 Å². The Morgan fingerprint density at radius 1 is 1.09 bits per heavy atom. The molecule has 3 N–H and O–H groups in total. The van der Waals surface area contributed by atoms with E-state index in [2.05, 4.69) is 26.1 Å². The van der Waals surface area contributed by atoms with Gasteiger partial charge in [-0.3, -0.25) is 10.1 Å². The summed E-state index contributed by atoms with van der Waals surface area (Å²) in [6, 6.07) is 11.8. The Hall–Kier alpha value is -3.66. The number of anilines is 2. The van der Waals surface area contributed by atoms with Crippen LogP contribution < -0.4 is 25.4 Å². The number of rotatable bonds is 7. The third-order valence-electron chi connectivity index (χ3n) is 5.33. The zero-order chi connectivity index (χ0) is 23.4. The summed E-state index contributed by atoms with van der Waals surface area (Å²) >= 11 is 1.24. The number of carbonyl (C=O) groups is 2. The number of ether oxygens (including phenoxy) is 2. The van der Waals surface area contributed by atoms with Crippen molar-refractivity contribution < 1.29 is 19.1 Å². The van der Waals surface area contributed by atoms with Crippen LogP contribution in [-0.4, -0.2) is 35.0 Å². The standard InChI is InChI=1S/C23H25N5O4S/c1-4-14(3)19(25-22(30)24-16-7-5-6-13(2)10-16)20(29)26-23-28-27-21(33-23)15-8-9-17-18(11-15)32-12-31-17/h5-11,14,19H,4,12H2,1-3H3,(H2,24,25,30)(H,26,28,29). The van der Waals surface area contributed by atoms with Crippen molar-refractivity contribution in [2.45, 2.75) is 33.2 Å². The molecule has 3 aromatic rings. The van der Waals surface area contributed by atoms with Gasteiger partial charge in [-0.2, -0.15) is 0 Å². The van der Waals surface area contributed by atoms with E-state index in [0.717, 1.165) is 11.1 Å². The van der Waals surface area contributed by atoms with Crippen LogP contribution >= 0.6 is 11.3 Å². The van der Waals surface area contributed by atoms with Crippen molar-refractivity contribution in [1.82, 2.24) is 15.5 Å². The molecule has 0 spiro atoms. The van der Waals surface area contributed by atoms with Crippen molar-refractivity contribution in [3.63, 3.8) is 0 Å². The van der Waals surface area contributed by atoms with Crippen molar-refractivity contribution in [1.29, 1.82) is 0 Å². The number of aryl methyl sites for hydroxylation is 1. The first-order valence-corrected chi connectivity index (χ1v) is 11.4. The highest BCUT2D eigenvalue weighted by Gasteiger charge is 2.27. The highest BCUT2D eigenvalue weighted by atomic mass is 32.1. The van der Waals surface area contributed by atoms with Crippen LogP contribution in [0.1, 0.15) is 25.8 Å². The molecule has 2 aromatic carbocycles. The predicted molar refractivity (Wildman–Crippen MR) is 127 cm³/mol. The Morgan fingerprint density at radius 3 is 2.70 bits per heavy atom. The number of nitrogens with one attached hydrogen (secondary N) is 3. The van der Waals surface area contributed by atoms with E-state index in [1.54, 1.807) is 6.07 Å². The highest BCUT2D eigenvalue weighted by molar-refractivity contribution is 7.18. The van der Waals surface area contributed by atoms with Crippen LogP contribution in [0.4, 0.5) is 15.6 Å². The molecule has 4 rings (SSSR count). The van der Waals surface area contributed by atoms with E-state index in [-0.39, 0.29) is 18.6 Å². The topological polar surface area (TPSA) is 114 Å². The van der Waals surface area contributed by atoms with Crippen molar-refractivity contribution in [3.05, 3.63) is 48.0 Å². The first-order chi connectivity index (χ1) is 15.9. The lowest BCUT2D eigenvalue weighted by Gasteiger charge is -2.23. The van der Waals surface area contributed by atoms with E-state index < -0.39 is 12.1 Å². The number of hydrogen-bond acceptors (Lipinski definition) is 7. The maximum Gasteiger partial charge on any atom is 0.319 e. The van der Waals surface area contributed by atoms with Gasteiger partial charge in [0.25, 0.3) is 0 Å². The van der Waals surface area contributed by atoms with Crippen molar-refractivity contribution in [2.24, 2.45) is 5.92 Å². The molecule has 10 heteroatoms. The maximum absolute atomic E-state index is 13.0. The molecular formula is C23H25N5O4S. The summed E-state index contributed by atoms with van der Waals surface area (Å²) < 4.78 is 10.7. The lowest BCUT2D eigenvalue weighted by Crippen LogP contribution is -2.49. The van der Waals surface area contributed by atoms with Gasteiger partial charge in [0.05, 0.1) is 0 Å². The molecule has 3 amide bonds. The molecule has 9 nitrogen and oxygen atoms in total. The number of carbonyl (C=O) groups excluding carboxylic acids is 2. The normalized spacial score (nSPS) is 13.8. The maximum atomic E-state index is 13.0. The molecule has 2 unspecified atom stereocenters. The first-order valence-electron chi connectivity index (χ1n) is 10.6. The highest BCUT2D eigenvalue weighted by Crippen LogP contribution is 2.37. The second-order valence-electron chi connectivity index (χ2n) is 7.80. The number of benzene rings is 2. The van der Waals surface area contributed by atoms with Crippen LogP contribution in [0.3, 0.4) is 0 Å². The third-order valence-corrected chi connectivity index (χ3v) is 6.22. The van der Waals surface area contributed by atoms with Crippen molar-refractivity contribution in [3.8, 4) is 22.1 Å². The van der Waals surface area contributed by atoms with Crippen LogP contribution in [-0.2, 0) is 4.79 Å². The number of nitrogens with zero attached hydrogens (tertiary/aromatic N) is 2. The Morgan fingerprint density at radius 2 is 1.91 bits per heavy atom. The minimum Gasteiger partial charge on any atom is -0.454 e. The summed E-state index contributed by atoms with van der Waals surface area (Å²) in [5, 5.41) is 17.6. The third kappa shape index (κ3) is 5.40. The second-order valence-corrected chi connectivity index (χ2v) is 8.78. The van der Waals surface area contributed by atoms with E-state index >= 15 is 0 Å². The van der Waals surface area contributed by atoms with E-state index in [0.29, 0.717) is 33.7 Å². The number of aromatic nitrogens is 2. The molecule has 1 aliphatic heterocycles. The fourth-order valence-corrected chi connectivity index (χ4v) is 4.08. The van der Waals surface area contributed by atoms with Gasteiger partial charge in [0.15, 0.2) is 11.5 Å². The summed E-state index contributed by atoms with van der Waals surface area (Å²) in [6.07, 6.45) is 0.710. The average Bonchev–Trinajstić information content (AvgIpc) is 3.45. The monoisotopic (exact) mass is 467 g/mol. The molecule has 2 atom stereocenters. The molecule has 0 aliphatic carbocycles. The van der Waals surface area contributed by atoms with Crippen LogP contribution in [0.5, 0.6) is 11.5 Å². The van der Waals surface area contributed by atoms with Gasteiger partial charge in [0, 0.05) is 11.3 Å². The molecule has 172 valence electrons. The number of amides is 3. The second kappa shape index (κ2) is 9.86. The first kappa shape index (κ1) is 22.5. The lowest BCUT2D eigenvalue weighted by atomic mass is 9.98. The molecule has 0 fully saturated rings. The van der Waals surface area contributed by atoms with E-state index in [4.69, 9.17) is 9.47 Å². The number of fused-ring (bicyclic) bond motifs is 1. The average molecular weight is 468 g/mol. The largest absolute Gasteiger partial charge is 0.454 e. The summed E-state index contributed by atoms with van der Waals surface area (Å²) in [5.41, 5.74) is 2.50. The summed E-state index contributed by atoms with van der Waals surface area (Å²) in [7, 11) is 0. The van der Waals surface area contributed by atoms with Gasteiger partial charge in [0.1, 0.15) is 11.0 Å². The van der Waals surface area contributed by atoms with Crippen LogP contribution in [0, 0.1) is 12.8 Å². The minimum absolute atomic E-state index is 0.0884. The van der Waals surface area contributed by atoms with Gasteiger partial charge in [-0.05, 0) is 48.7 Å². The molecule has 0 bridgehead atoms. The van der Waals surface area contributed by atoms with Gasteiger partial charge in [-0.25, -0.2) is 4.79 Å². The molecule has 1 aliphatic rings. The van der Waals surface area contributed by atoms with Gasteiger partial charge in [-0.1, -0.05) is 43.7 Å². The molecular weight excluding hydrogens is 442 g/mol. The Bertz CT molecular complexity index is 1170. The van der Waals surface area contributed by atoms with Crippen molar-refractivity contribution in [2.75, 3.05) is 17.4 Å². The van der Waals surface area contributed by atoms with Gasteiger partial charge >= 0.3 is 6.03 Å². The van der Waals surface area contributed by atoms with Gasteiger partial charge < -0.3 is 20.1 Å². The Balaban J connectivity index is 1.42. The molecule has 0 radical (unpaired) electrons. The van der Waals surface area contributed by atoms with Crippen LogP contribution in [0.25, 0.3) is 10.6 Å². The zero-order valence-electron chi connectivity index (χ0n) is 18.5. The molecule has 0 saturated carbocycles. The predicted octanol–water partition coefficient (Wildman–Crippen LogP) is 4.42. The smallest absolute Gasteiger partial charge is 0.319 e. The van der Waals surface area contributed by atoms with Gasteiger partial charge in [0.2, 0.25) is 17.8 Å². The van der Waals surface area contributed by atoms with Crippen molar-refractivity contribution >= 4 is 34.1 Å². The molecule has 2 heterocycles. The summed E-state index contributed by atoms with van der Waals surface area (Å²) in [5.74, 6) is 0.892. The lowest BCUT2D eigenvalue weighted by molar-refractivity contribution is -0.119. The van der Waals surface area contributed by atoms with Crippen LogP contribution in [0.15, 0.2) is 42.5 Å². The Labute approximate surface area is 195 Å². The SMILES string of the molecule is CCC(C)C(NC(=O)Nc1cccc(C)c1)C(=O)Nc1nnc(-c2ccc3c(c2)OCO3)s1. The molecule has 33 heavy (non-hydrogen) atoms. The quantitative estimate of drug-likeness (QED) is 0.474. The van der Waals surface area contributed by atoms with E-state index in [1.165, 1.54) is 11.3 Å². The summed E-state index contributed by atoms with van der Waals surface area (Å²) in [6.45, 7) is 6.01. The van der Waals surface area contributed by atoms with E-state index in [1.807, 2.05) is 57.2 Å². The van der Waals surface area contributed by atoms with E-state index in [9.17, 15) is 9.59 Å². The fourth-order valence-electron chi connectivity index (χ4n) is 3.34. The molecule has 1 aromatic heterocycles. The Kier molecular flexibility index (Phi) is 6.74.